The lowest BCUT2D eigenvalue weighted by molar-refractivity contribution is 0.0767. The third-order valence-corrected chi connectivity index (χ3v) is 4.08. The van der Waals surface area contributed by atoms with Crippen molar-refractivity contribution in [3.63, 3.8) is 0 Å². The molecule has 1 heterocycles. The number of hydrogen-bond donors (Lipinski definition) is 1. The van der Waals surface area contributed by atoms with Crippen LogP contribution in [0.1, 0.15) is 27.9 Å². The van der Waals surface area contributed by atoms with Crippen LogP contribution in [0.5, 0.6) is 0 Å². The van der Waals surface area contributed by atoms with Crippen molar-refractivity contribution in [1.82, 2.24) is 4.98 Å². The van der Waals surface area contributed by atoms with Crippen LogP contribution in [-0.2, 0) is 11.8 Å². The molecule has 3 nitrogen and oxygen atoms in total. The lowest BCUT2D eigenvalue weighted by Crippen LogP contribution is -2.43. The van der Waals surface area contributed by atoms with Crippen molar-refractivity contribution in [2.45, 2.75) is 18.3 Å². The van der Waals surface area contributed by atoms with Crippen LogP contribution in [0.2, 0.25) is 0 Å². The highest BCUT2D eigenvalue weighted by atomic mass is 19.1. The fourth-order valence-corrected chi connectivity index (χ4v) is 2.89. The fraction of sp³-hybridized carbons (Fsp3) is 0.250. The van der Waals surface area contributed by atoms with Crippen molar-refractivity contribution >= 4 is 5.78 Å². The number of aliphatic hydroxyl groups is 1. The Labute approximate surface area is 116 Å². The second-order valence-electron chi connectivity index (χ2n) is 5.11. The number of hydrogen-bond acceptors (Lipinski definition) is 3. The van der Waals surface area contributed by atoms with Gasteiger partial charge in [0.1, 0.15) is 5.82 Å². The summed E-state index contributed by atoms with van der Waals surface area (Å²) in [5.41, 5.74) is 0.968. The van der Waals surface area contributed by atoms with Gasteiger partial charge in [-0.3, -0.25) is 9.78 Å². The fourth-order valence-electron chi connectivity index (χ4n) is 2.89. The lowest BCUT2D eigenvalue weighted by Gasteiger charge is -2.35. The van der Waals surface area contributed by atoms with Gasteiger partial charge in [-0.15, -0.1) is 0 Å². The predicted molar refractivity (Wildman–Crippen MR) is 72.1 cm³/mol. The normalized spacial score (nSPS) is 21.6. The number of carbonyl (C=O) groups excluding carboxylic acids is 1. The highest BCUT2D eigenvalue weighted by molar-refractivity contribution is 6.06. The van der Waals surface area contributed by atoms with Crippen molar-refractivity contribution in [2.75, 3.05) is 6.61 Å². The van der Waals surface area contributed by atoms with Gasteiger partial charge in [-0.2, -0.15) is 0 Å². The van der Waals surface area contributed by atoms with Gasteiger partial charge in [0, 0.05) is 18.0 Å². The average molecular weight is 271 g/mol. The number of benzene rings is 1. The van der Waals surface area contributed by atoms with Gasteiger partial charge in [-0.05, 0) is 48.2 Å². The monoisotopic (exact) mass is 271 g/mol. The molecular weight excluding hydrogens is 257 g/mol. The van der Waals surface area contributed by atoms with Crippen LogP contribution >= 0.6 is 0 Å². The molecule has 0 spiro atoms. The van der Waals surface area contributed by atoms with Crippen molar-refractivity contribution in [3.8, 4) is 0 Å². The molecule has 1 N–H and O–H groups in total. The van der Waals surface area contributed by atoms with Crippen molar-refractivity contribution in [1.29, 1.82) is 0 Å². The van der Waals surface area contributed by atoms with E-state index in [4.69, 9.17) is 0 Å². The van der Waals surface area contributed by atoms with Crippen molar-refractivity contribution in [2.24, 2.45) is 0 Å². The van der Waals surface area contributed by atoms with Crippen LogP contribution in [0.4, 0.5) is 4.39 Å². The molecule has 1 atom stereocenters. The first-order valence-corrected chi connectivity index (χ1v) is 6.52. The number of Topliss-reactive ketones (excluding diaryl/α,β-unsaturated/α-hetero) is 1. The molecule has 1 aromatic carbocycles. The highest BCUT2D eigenvalue weighted by Crippen LogP contribution is 2.38. The second-order valence-corrected chi connectivity index (χ2v) is 5.11. The topological polar surface area (TPSA) is 50.2 Å². The van der Waals surface area contributed by atoms with Crippen LogP contribution in [0.3, 0.4) is 0 Å². The maximum atomic E-state index is 13.4. The minimum Gasteiger partial charge on any atom is -0.395 e. The molecule has 4 heteroatoms. The molecule has 20 heavy (non-hydrogen) atoms. The van der Waals surface area contributed by atoms with Crippen molar-refractivity contribution in [3.05, 3.63) is 65.2 Å². The smallest absolute Gasteiger partial charge is 0.176 e. The van der Waals surface area contributed by atoms with E-state index in [9.17, 15) is 14.3 Å². The minimum absolute atomic E-state index is 0.216. The zero-order chi connectivity index (χ0) is 14.2. The SMILES string of the molecule is O=C1c2cc(F)ccc2CCC1(CO)c1ccncc1. The third-order valence-electron chi connectivity index (χ3n) is 4.08. The summed E-state index contributed by atoms with van der Waals surface area (Å²) in [6, 6.07) is 7.75. The summed E-state index contributed by atoms with van der Waals surface area (Å²) < 4.78 is 13.4. The Morgan fingerprint density at radius 2 is 2.00 bits per heavy atom. The molecule has 1 aliphatic carbocycles. The van der Waals surface area contributed by atoms with E-state index >= 15 is 0 Å². The number of aliphatic hydroxyl groups excluding tert-OH is 1. The van der Waals surface area contributed by atoms with Crippen LogP contribution in [0.25, 0.3) is 0 Å². The summed E-state index contributed by atoms with van der Waals surface area (Å²) >= 11 is 0. The van der Waals surface area contributed by atoms with Crippen molar-refractivity contribution < 1.29 is 14.3 Å². The maximum Gasteiger partial charge on any atom is 0.176 e. The summed E-state index contributed by atoms with van der Waals surface area (Å²) in [4.78, 5) is 16.7. The number of nitrogens with zero attached hydrogens (tertiary/aromatic N) is 1. The van der Waals surface area contributed by atoms with Gasteiger partial charge in [-0.1, -0.05) is 6.07 Å². The van der Waals surface area contributed by atoms with Gasteiger partial charge in [0.2, 0.25) is 0 Å². The van der Waals surface area contributed by atoms with Crippen LogP contribution in [-0.4, -0.2) is 22.5 Å². The lowest BCUT2D eigenvalue weighted by atomic mass is 9.67. The van der Waals surface area contributed by atoms with E-state index in [-0.39, 0.29) is 12.4 Å². The molecular formula is C16H14FNO2. The summed E-state index contributed by atoms with van der Waals surface area (Å²) in [5, 5.41) is 9.83. The second kappa shape index (κ2) is 4.80. The number of fused-ring (bicyclic) bond motifs is 1. The number of pyridine rings is 1. The van der Waals surface area contributed by atoms with E-state index in [1.165, 1.54) is 12.1 Å². The quantitative estimate of drug-likeness (QED) is 0.911. The van der Waals surface area contributed by atoms with Crippen LogP contribution < -0.4 is 0 Å². The molecule has 1 aromatic heterocycles. The zero-order valence-corrected chi connectivity index (χ0v) is 10.8. The van der Waals surface area contributed by atoms with Gasteiger partial charge in [0.25, 0.3) is 0 Å². The Morgan fingerprint density at radius 1 is 1.25 bits per heavy atom. The Balaban J connectivity index is 2.14. The Morgan fingerprint density at radius 3 is 2.70 bits per heavy atom. The molecule has 1 unspecified atom stereocenters. The molecule has 0 fully saturated rings. The Kier molecular flexibility index (Phi) is 3.10. The first-order chi connectivity index (χ1) is 9.67. The number of aryl methyl sites for hydroxylation is 1. The number of halogens is 1. The molecule has 0 saturated heterocycles. The van der Waals surface area contributed by atoms with Gasteiger partial charge >= 0.3 is 0 Å². The molecule has 2 aromatic rings. The van der Waals surface area contributed by atoms with Crippen LogP contribution in [0.15, 0.2) is 42.7 Å². The van der Waals surface area contributed by atoms with E-state index in [1.807, 2.05) is 0 Å². The van der Waals surface area contributed by atoms with E-state index in [1.54, 1.807) is 30.6 Å². The summed E-state index contributed by atoms with van der Waals surface area (Å²) in [6.07, 6.45) is 4.36. The minimum atomic E-state index is -0.982. The first-order valence-electron chi connectivity index (χ1n) is 6.52. The molecule has 102 valence electrons. The zero-order valence-electron chi connectivity index (χ0n) is 10.8. The summed E-state index contributed by atoms with van der Waals surface area (Å²) in [5.74, 6) is -0.646. The van der Waals surface area contributed by atoms with Gasteiger partial charge in [0.15, 0.2) is 5.78 Å². The summed E-state index contributed by atoms with van der Waals surface area (Å²) in [6.45, 7) is -0.286. The number of carbonyl (C=O) groups is 1. The molecule has 0 aliphatic heterocycles. The summed E-state index contributed by atoms with van der Waals surface area (Å²) in [7, 11) is 0. The van der Waals surface area contributed by atoms with Gasteiger partial charge in [0.05, 0.1) is 12.0 Å². The molecule has 1 aliphatic rings. The molecule has 3 rings (SSSR count). The number of rotatable bonds is 2. The third kappa shape index (κ3) is 1.84. The van der Waals surface area contributed by atoms with E-state index in [0.29, 0.717) is 18.4 Å². The van der Waals surface area contributed by atoms with E-state index in [2.05, 4.69) is 4.98 Å². The molecule has 0 saturated carbocycles. The average Bonchev–Trinajstić information content (AvgIpc) is 2.50. The van der Waals surface area contributed by atoms with Gasteiger partial charge in [-0.25, -0.2) is 4.39 Å². The van der Waals surface area contributed by atoms with Crippen LogP contribution in [0, 0.1) is 5.82 Å². The predicted octanol–water partition coefficient (Wildman–Crippen LogP) is 2.28. The Hall–Kier alpha value is -2.07. The van der Waals surface area contributed by atoms with E-state index < -0.39 is 11.2 Å². The first kappa shape index (κ1) is 12.9. The Bertz CT molecular complexity index is 657. The standard InChI is InChI=1S/C16H14FNO2/c17-13-2-1-11-3-6-16(10-19,15(20)14(11)9-13)12-4-7-18-8-5-12/h1-2,4-5,7-9,19H,3,6,10H2. The molecule has 0 radical (unpaired) electrons. The van der Waals surface area contributed by atoms with Gasteiger partial charge < -0.3 is 5.11 Å². The largest absolute Gasteiger partial charge is 0.395 e. The number of aromatic nitrogens is 1. The maximum absolute atomic E-state index is 13.4. The molecule has 0 bridgehead atoms. The molecule has 0 amide bonds. The number of ketones is 1. The van der Waals surface area contributed by atoms with E-state index in [0.717, 1.165) is 11.1 Å². The highest BCUT2D eigenvalue weighted by Gasteiger charge is 2.43.